The summed E-state index contributed by atoms with van der Waals surface area (Å²) in [5.74, 6) is 0.609. The second kappa shape index (κ2) is 5.39. The second-order valence-electron chi connectivity index (χ2n) is 9.70. The van der Waals surface area contributed by atoms with E-state index in [9.17, 15) is 19.8 Å². The van der Waals surface area contributed by atoms with Crippen LogP contribution >= 0.6 is 0 Å². The Morgan fingerprint density at radius 2 is 2.00 bits per heavy atom. The van der Waals surface area contributed by atoms with Crippen LogP contribution in [0.2, 0.25) is 0 Å². The Kier molecular flexibility index (Phi) is 3.75. The predicted molar refractivity (Wildman–Crippen MR) is 98.2 cm³/mol. The molecule has 0 saturated heterocycles. The molecule has 0 bridgehead atoms. The highest BCUT2D eigenvalue weighted by Crippen LogP contribution is 2.67. The van der Waals surface area contributed by atoms with Crippen LogP contribution in [0.3, 0.4) is 0 Å². The van der Waals surface area contributed by atoms with Crippen molar-refractivity contribution in [3.63, 3.8) is 0 Å². The Labute approximate surface area is 155 Å². The van der Waals surface area contributed by atoms with Crippen LogP contribution in [0.15, 0.2) is 23.8 Å². The van der Waals surface area contributed by atoms with Crippen molar-refractivity contribution in [2.45, 2.75) is 65.1 Å². The molecule has 0 aromatic rings. The van der Waals surface area contributed by atoms with Gasteiger partial charge < -0.3 is 10.2 Å². The monoisotopic (exact) mass is 358 g/mol. The van der Waals surface area contributed by atoms with Crippen LogP contribution < -0.4 is 0 Å². The highest BCUT2D eigenvalue weighted by molar-refractivity contribution is 6.01. The van der Waals surface area contributed by atoms with Crippen LogP contribution in [0.4, 0.5) is 0 Å². The van der Waals surface area contributed by atoms with Gasteiger partial charge in [0.05, 0.1) is 6.10 Å². The first-order chi connectivity index (χ1) is 12.0. The predicted octanol–water partition coefficient (Wildman–Crippen LogP) is 2.83. The lowest BCUT2D eigenvalue weighted by atomic mass is 9.45. The lowest BCUT2D eigenvalue weighted by Crippen LogP contribution is -2.61. The maximum atomic E-state index is 12.3. The summed E-state index contributed by atoms with van der Waals surface area (Å²) < 4.78 is 0. The summed E-state index contributed by atoms with van der Waals surface area (Å²) >= 11 is 0. The van der Waals surface area contributed by atoms with Crippen LogP contribution in [0.1, 0.15) is 53.4 Å². The summed E-state index contributed by atoms with van der Waals surface area (Å²) in [5, 5.41) is 22.4. The van der Waals surface area contributed by atoms with Crippen LogP contribution in [0, 0.1) is 34.5 Å². The number of aliphatic hydroxyl groups is 2. The Hall–Kier alpha value is -1.26. The van der Waals surface area contributed by atoms with Crippen molar-refractivity contribution >= 4 is 11.6 Å². The number of allylic oxidation sites excluding steroid dienone is 4. The summed E-state index contributed by atoms with van der Waals surface area (Å²) in [4.78, 5) is 24.2. The molecule has 2 N–H and O–H groups in total. The van der Waals surface area contributed by atoms with E-state index in [0.717, 1.165) is 18.4 Å². The molecule has 3 saturated carbocycles. The minimum absolute atomic E-state index is 0.0293. The van der Waals surface area contributed by atoms with Gasteiger partial charge >= 0.3 is 0 Å². The van der Waals surface area contributed by atoms with E-state index in [4.69, 9.17) is 0 Å². The first kappa shape index (κ1) is 18.1. The first-order valence-corrected chi connectivity index (χ1v) is 9.91. The van der Waals surface area contributed by atoms with E-state index < -0.39 is 17.1 Å². The number of hydrogen-bond donors (Lipinski definition) is 2. The normalized spacial score (nSPS) is 52.8. The third kappa shape index (κ3) is 2.03. The van der Waals surface area contributed by atoms with E-state index in [1.807, 2.05) is 13.0 Å². The molecule has 3 unspecified atom stereocenters. The Morgan fingerprint density at radius 3 is 2.65 bits per heavy atom. The lowest BCUT2D eigenvalue weighted by molar-refractivity contribution is -0.176. The largest absolute Gasteiger partial charge is 0.393 e. The van der Waals surface area contributed by atoms with Gasteiger partial charge in [-0.2, -0.15) is 0 Å². The molecule has 26 heavy (non-hydrogen) atoms. The Morgan fingerprint density at radius 1 is 1.31 bits per heavy atom. The number of Topliss-reactive ketones (excluding diaryl/α,β-unsaturated/α-hetero) is 1. The molecule has 0 spiro atoms. The van der Waals surface area contributed by atoms with Gasteiger partial charge in [-0.25, -0.2) is 0 Å². The second-order valence-corrected chi connectivity index (χ2v) is 9.70. The molecule has 0 aromatic heterocycles. The molecule has 3 fully saturated rings. The molecule has 0 aliphatic heterocycles. The van der Waals surface area contributed by atoms with Gasteiger partial charge in [-0.1, -0.05) is 32.4 Å². The van der Waals surface area contributed by atoms with Gasteiger partial charge in [-0.3, -0.25) is 9.59 Å². The molecule has 4 aliphatic carbocycles. The summed E-state index contributed by atoms with van der Waals surface area (Å²) in [7, 11) is 0. The smallest absolute Gasteiger partial charge is 0.178 e. The SMILES string of the molecule is CC(=O)[C@@]1(O)CCC2C3C[C@H](C)C4=CC(=O)C=C[C@]4(C)C3[C@@H](O)C[C@@]21C. The van der Waals surface area contributed by atoms with Gasteiger partial charge in [0, 0.05) is 16.7 Å². The number of ketones is 2. The van der Waals surface area contributed by atoms with Crippen molar-refractivity contribution in [1.29, 1.82) is 0 Å². The Balaban J connectivity index is 1.80. The number of rotatable bonds is 1. The van der Waals surface area contributed by atoms with Gasteiger partial charge in [0.1, 0.15) is 5.60 Å². The first-order valence-electron chi connectivity index (χ1n) is 9.91. The molecule has 8 atom stereocenters. The molecule has 4 heteroatoms. The van der Waals surface area contributed by atoms with Gasteiger partial charge in [-0.15, -0.1) is 0 Å². The standard InChI is InChI=1S/C22H30O4/c1-12-9-15-16-6-8-22(26,13(2)23)21(16,4)11-18(25)19(15)20(3)7-5-14(24)10-17(12)20/h5,7,10,12,15-16,18-19,25-26H,6,8-9,11H2,1-4H3/t12-,15?,16?,18-,19?,20-,21-,22-/m0/s1. The summed E-state index contributed by atoms with van der Waals surface area (Å²) in [5.41, 5.74) is -1.10. The molecule has 0 aromatic carbocycles. The van der Waals surface area contributed by atoms with Crippen molar-refractivity contribution in [1.82, 2.24) is 0 Å². The van der Waals surface area contributed by atoms with Gasteiger partial charge in [0.25, 0.3) is 0 Å². The van der Waals surface area contributed by atoms with E-state index in [1.54, 1.807) is 12.2 Å². The summed E-state index contributed by atoms with van der Waals surface area (Å²) in [6.45, 7) is 7.79. The molecule has 4 rings (SSSR count). The van der Waals surface area contributed by atoms with Gasteiger partial charge in [0.15, 0.2) is 11.6 Å². The van der Waals surface area contributed by atoms with Crippen molar-refractivity contribution in [2.75, 3.05) is 0 Å². The average molecular weight is 358 g/mol. The number of hydrogen-bond acceptors (Lipinski definition) is 4. The molecule has 4 nitrogen and oxygen atoms in total. The third-order valence-electron chi connectivity index (χ3n) is 8.55. The number of carbonyl (C=O) groups excluding carboxylic acids is 2. The minimum Gasteiger partial charge on any atom is -0.393 e. The minimum atomic E-state index is -1.33. The highest BCUT2D eigenvalue weighted by Gasteiger charge is 2.68. The van der Waals surface area contributed by atoms with Crippen LogP contribution in [-0.2, 0) is 9.59 Å². The molecule has 142 valence electrons. The number of aliphatic hydroxyl groups excluding tert-OH is 1. The van der Waals surface area contributed by atoms with E-state index in [2.05, 4.69) is 13.8 Å². The number of carbonyl (C=O) groups is 2. The fourth-order valence-corrected chi connectivity index (χ4v) is 7.33. The molecule has 0 heterocycles. The Bertz CT molecular complexity index is 736. The average Bonchev–Trinajstić information content (AvgIpc) is 2.81. The molecular weight excluding hydrogens is 328 g/mol. The third-order valence-corrected chi connectivity index (χ3v) is 8.55. The summed E-state index contributed by atoms with van der Waals surface area (Å²) in [6, 6.07) is 0. The van der Waals surface area contributed by atoms with Crippen molar-refractivity contribution < 1.29 is 19.8 Å². The zero-order chi connectivity index (χ0) is 19.1. The van der Waals surface area contributed by atoms with Crippen molar-refractivity contribution in [3.05, 3.63) is 23.8 Å². The van der Waals surface area contributed by atoms with Gasteiger partial charge in [-0.05, 0) is 62.5 Å². The quantitative estimate of drug-likeness (QED) is 0.756. The molecular formula is C22H30O4. The van der Waals surface area contributed by atoms with Crippen LogP contribution in [0.25, 0.3) is 0 Å². The van der Waals surface area contributed by atoms with Gasteiger partial charge in [0.2, 0.25) is 0 Å². The highest BCUT2D eigenvalue weighted by atomic mass is 16.3. The topological polar surface area (TPSA) is 74.6 Å². The maximum Gasteiger partial charge on any atom is 0.178 e. The number of fused-ring (bicyclic) bond motifs is 5. The van der Waals surface area contributed by atoms with E-state index in [-0.39, 0.29) is 40.7 Å². The molecule has 0 radical (unpaired) electrons. The van der Waals surface area contributed by atoms with E-state index >= 15 is 0 Å². The zero-order valence-corrected chi connectivity index (χ0v) is 16.2. The van der Waals surface area contributed by atoms with Crippen LogP contribution in [-0.4, -0.2) is 33.5 Å². The zero-order valence-electron chi connectivity index (χ0n) is 16.2. The fraction of sp³-hybridized carbons (Fsp3) is 0.727. The van der Waals surface area contributed by atoms with E-state index in [1.165, 1.54) is 6.92 Å². The van der Waals surface area contributed by atoms with Crippen molar-refractivity contribution in [2.24, 2.45) is 34.5 Å². The van der Waals surface area contributed by atoms with Crippen molar-refractivity contribution in [3.8, 4) is 0 Å². The molecule has 0 amide bonds. The van der Waals surface area contributed by atoms with E-state index in [0.29, 0.717) is 12.8 Å². The van der Waals surface area contributed by atoms with Crippen LogP contribution in [0.5, 0.6) is 0 Å². The fourth-order valence-electron chi connectivity index (χ4n) is 7.33. The maximum absolute atomic E-state index is 12.3. The lowest BCUT2D eigenvalue weighted by Gasteiger charge is -2.60. The summed E-state index contributed by atoms with van der Waals surface area (Å²) in [6.07, 6.45) is 7.46. The molecule has 4 aliphatic rings.